The lowest BCUT2D eigenvalue weighted by molar-refractivity contribution is 0.576. The smallest absolute Gasteiger partial charge is 0.191 e. The molecule has 0 spiro atoms. The molecule has 1 aliphatic heterocycles. The summed E-state index contributed by atoms with van der Waals surface area (Å²) in [6.45, 7) is 3.93. The topological polar surface area (TPSA) is 39.7 Å². The molecule has 1 unspecified atom stereocenters. The van der Waals surface area contributed by atoms with E-state index in [0.29, 0.717) is 25.6 Å². The Balaban J connectivity index is 1.56. The Bertz CT molecular complexity index is 739. The minimum atomic E-state index is -0.517. The molecule has 1 atom stereocenters. The van der Waals surface area contributed by atoms with Crippen LogP contribution in [-0.4, -0.2) is 32.1 Å². The van der Waals surface area contributed by atoms with E-state index in [4.69, 9.17) is 0 Å². The van der Waals surface area contributed by atoms with Gasteiger partial charge in [-0.2, -0.15) is 0 Å². The van der Waals surface area contributed by atoms with Crippen LogP contribution in [0.2, 0.25) is 0 Å². The quantitative estimate of drug-likeness (QED) is 0.646. The second-order valence-electron chi connectivity index (χ2n) is 6.08. The van der Waals surface area contributed by atoms with Crippen LogP contribution < -0.4 is 15.5 Å². The van der Waals surface area contributed by atoms with Gasteiger partial charge >= 0.3 is 0 Å². The van der Waals surface area contributed by atoms with Gasteiger partial charge in [0.1, 0.15) is 17.3 Å². The lowest BCUT2D eigenvalue weighted by atomic mass is 10.2. The maximum absolute atomic E-state index is 13.9. The lowest BCUT2D eigenvalue weighted by Gasteiger charge is -2.21. The number of halogens is 2. The number of para-hydroxylation sites is 1. The van der Waals surface area contributed by atoms with Gasteiger partial charge in [0.05, 0.1) is 6.54 Å². The molecule has 0 saturated carbocycles. The minimum Gasteiger partial charge on any atom is -0.365 e. The molecule has 0 radical (unpaired) electrons. The van der Waals surface area contributed by atoms with Crippen LogP contribution in [0, 0.1) is 18.6 Å². The van der Waals surface area contributed by atoms with Gasteiger partial charge in [-0.1, -0.05) is 6.07 Å². The van der Waals surface area contributed by atoms with Crippen molar-refractivity contribution in [1.29, 1.82) is 0 Å². The maximum atomic E-state index is 13.9. The van der Waals surface area contributed by atoms with Crippen LogP contribution >= 0.6 is 11.3 Å². The molecule has 1 aliphatic rings. The molecule has 3 rings (SSSR count). The number of hydrogen-bond acceptors (Lipinski definition) is 3. The standard InChI is InChI=1S/C18H22F2N4S/c1-12-6-7-14(25-12)10-22-18(21-2)23-13-8-9-24(11-13)17-15(19)4-3-5-16(17)20/h3-7,13H,8-11H2,1-2H3,(H2,21,22,23). The van der Waals surface area contributed by atoms with Crippen LogP contribution in [0.15, 0.2) is 35.3 Å². The van der Waals surface area contributed by atoms with Gasteiger partial charge in [-0.05, 0) is 37.6 Å². The number of thiophene rings is 1. The number of nitrogens with one attached hydrogen (secondary N) is 2. The van der Waals surface area contributed by atoms with Crippen molar-refractivity contribution in [2.45, 2.75) is 25.9 Å². The summed E-state index contributed by atoms with van der Waals surface area (Å²) >= 11 is 1.75. The summed E-state index contributed by atoms with van der Waals surface area (Å²) in [7, 11) is 1.72. The first kappa shape index (κ1) is 17.7. The number of anilines is 1. The van der Waals surface area contributed by atoms with Gasteiger partial charge in [-0.15, -0.1) is 11.3 Å². The fourth-order valence-corrected chi connectivity index (χ4v) is 3.84. The summed E-state index contributed by atoms with van der Waals surface area (Å²) < 4.78 is 27.9. The van der Waals surface area contributed by atoms with Crippen LogP contribution in [0.25, 0.3) is 0 Å². The van der Waals surface area contributed by atoms with E-state index in [9.17, 15) is 8.78 Å². The highest BCUT2D eigenvalue weighted by molar-refractivity contribution is 7.11. The summed E-state index contributed by atoms with van der Waals surface area (Å²) in [6, 6.07) is 8.26. The van der Waals surface area contributed by atoms with Gasteiger partial charge in [-0.3, -0.25) is 4.99 Å². The molecule has 0 bridgehead atoms. The summed E-state index contributed by atoms with van der Waals surface area (Å²) in [5.74, 6) is -0.334. The van der Waals surface area contributed by atoms with Gasteiger partial charge in [-0.25, -0.2) is 8.78 Å². The molecule has 1 aromatic heterocycles. The van der Waals surface area contributed by atoms with E-state index in [1.807, 2.05) is 0 Å². The van der Waals surface area contributed by atoms with E-state index in [1.54, 1.807) is 23.3 Å². The van der Waals surface area contributed by atoms with Crippen LogP contribution in [0.3, 0.4) is 0 Å². The first-order chi connectivity index (χ1) is 12.1. The highest BCUT2D eigenvalue weighted by Gasteiger charge is 2.27. The molecule has 2 aromatic rings. The zero-order valence-electron chi connectivity index (χ0n) is 14.4. The number of hydrogen-bond donors (Lipinski definition) is 2. The second-order valence-corrected chi connectivity index (χ2v) is 7.46. The SMILES string of the molecule is CN=C(NCc1ccc(C)s1)NC1CCN(c2c(F)cccc2F)C1. The summed E-state index contributed by atoms with van der Waals surface area (Å²) in [5.41, 5.74) is 0.0591. The van der Waals surface area contributed by atoms with Gasteiger partial charge in [0.15, 0.2) is 5.96 Å². The van der Waals surface area contributed by atoms with E-state index in [0.717, 1.165) is 6.42 Å². The predicted octanol–water partition coefficient (Wildman–Crippen LogP) is 3.28. The van der Waals surface area contributed by atoms with E-state index >= 15 is 0 Å². The van der Waals surface area contributed by atoms with Crippen LogP contribution in [0.5, 0.6) is 0 Å². The van der Waals surface area contributed by atoms with Crippen molar-refractivity contribution >= 4 is 23.0 Å². The van der Waals surface area contributed by atoms with Gasteiger partial charge in [0.25, 0.3) is 0 Å². The molecule has 25 heavy (non-hydrogen) atoms. The second kappa shape index (κ2) is 7.82. The molecule has 1 fully saturated rings. The first-order valence-electron chi connectivity index (χ1n) is 8.28. The highest BCUT2D eigenvalue weighted by atomic mass is 32.1. The van der Waals surface area contributed by atoms with E-state index in [1.165, 1.54) is 28.0 Å². The number of aliphatic imine (C=N–C) groups is 1. The summed E-state index contributed by atoms with van der Waals surface area (Å²) in [6.07, 6.45) is 0.798. The van der Waals surface area contributed by atoms with Crippen molar-refractivity contribution in [2.24, 2.45) is 4.99 Å². The lowest BCUT2D eigenvalue weighted by Crippen LogP contribution is -2.44. The highest BCUT2D eigenvalue weighted by Crippen LogP contribution is 2.26. The molecule has 1 aromatic carbocycles. The van der Waals surface area contributed by atoms with Gasteiger partial charge in [0.2, 0.25) is 0 Å². The maximum Gasteiger partial charge on any atom is 0.191 e. The van der Waals surface area contributed by atoms with Gasteiger partial charge < -0.3 is 15.5 Å². The van der Waals surface area contributed by atoms with E-state index < -0.39 is 11.6 Å². The monoisotopic (exact) mass is 364 g/mol. The van der Waals surface area contributed by atoms with Crippen molar-refractivity contribution in [1.82, 2.24) is 10.6 Å². The van der Waals surface area contributed by atoms with Crippen molar-refractivity contribution < 1.29 is 8.78 Å². The van der Waals surface area contributed by atoms with Crippen LogP contribution in [0.4, 0.5) is 14.5 Å². The van der Waals surface area contributed by atoms with Crippen molar-refractivity contribution in [3.63, 3.8) is 0 Å². The van der Waals surface area contributed by atoms with Crippen LogP contribution in [0.1, 0.15) is 16.2 Å². The Labute approximate surface area is 150 Å². The van der Waals surface area contributed by atoms with Gasteiger partial charge in [0, 0.05) is 35.9 Å². The molecule has 2 N–H and O–H groups in total. The minimum absolute atomic E-state index is 0.0591. The Morgan fingerprint density at radius 2 is 2.04 bits per heavy atom. The average Bonchev–Trinajstić information content (AvgIpc) is 3.20. The molecular formula is C18H22F2N4S. The number of guanidine groups is 1. The molecule has 134 valence electrons. The Morgan fingerprint density at radius 3 is 2.68 bits per heavy atom. The third-order valence-corrected chi connectivity index (χ3v) is 5.23. The fourth-order valence-electron chi connectivity index (χ4n) is 3.01. The normalized spacial score (nSPS) is 17.8. The molecule has 4 nitrogen and oxygen atoms in total. The number of rotatable bonds is 4. The fraction of sp³-hybridized carbons (Fsp3) is 0.389. The number of benzene rings is 1. The Kier molecular flexibility index (Phi) is 5.53. The van der Waals surface area contributed by atoms with Crippen molar-refractivity contribution in [3.05, 3.63) is 51.7 Å². The molecular weight excluding hydrogens is 342 g/mol. The number of aryl methyl sites for hydroxylation is 1. The molecule has 0 aliphatic carbocycles. The summed E-state index contributed by atoms with van der Waals surface area (Å²) in [5, 5.41) is 6.62. The third-order valence-electron chi connectivity index (χ3n) is 4.23. The molecule has 7 heteroatoms. The van der Waals surface area contributed by atoms with E-state index in [2.05, 4.69) is 34.7 Å². The Hall–Kier alpha value is -2.15. The largest absolute Gasteiger partial charge is 0.365 e. The van der Waals surface area contributed by atoms with Crippen molar-refractivity contribution in [3.8, 4) is 0 Å². The first-order valence-corrected chi connectivity index (χ1v) is 9.10. The van der Waals surface area contributed by atoms with Crippen molar-refractivity contribution in [2.75, 3.05) is 25.0 Å². The molecule has 2 heterocycles. The molecule has 1 saturated heterocycles. The van der Waals surface area contributed by atoms with E-state index in [-0.39, 0.29) is 11.7 Å². The Morgan fingerprint density at radius 1 is 1.28 bits per heavy atom. The summed E-state index contributed by atoms with van der Waals surface area (Å²) in [4.78, 5) is 8.50. The molecule has 0 amide bonds. The third kappa shape index (κ3) is 4.28. The zero-order valence-corrected chi connectivity index (χ0v) is 15.2. The van der Waals surface area contributed by atoms with Crippen LogP contribution in [-0.2, 0) is 6.54 Å². The zero-order chi connectivity index (χ0) is 17.8. The predicted molar refractivity (Wildman–Crippen MR) is 99.4 cm³/mol. The number of nitrogens with zero attached hydrogens (tertiary/aromatic N) is 2. The average molecular weight is 364 g/mol.